The first-order valence-electron chi connectivity index (χ1n) is 5.13. The molecule has 4 heteroatoms. The number of rotatable bonds is 4. The van der Waals surface area contributed by atoms with Gasteiger partial charge >= 0.3 is 0 Å². The van der Waals surface area contributed by atoms with E-state index in [1.807, 2.05) is 18.2 Å². The quantitative estimate of drug-likeness (QED) is 0.806. The number of benzene rings is 1. The zero-order valence-corrected chi connectivity index (χ0v) is 10.2. The molecule has 0 aliphatic heterocycles. The van der Waals surface area contributed by atoms with E-state index in [4.69, 9.17) is 5.26 Å². The highest BCUT2D eigenvalue weighted by Gasteiger charge is 2.23. The van der Waals surface area contributed by atoms with Crippen molar-refractivity contribution in [2.75, 3.05) is 5.75 Å². The van der Waals surface area contributed by atoms with Crippen molar-refractivity contribution in [2.45, 2.75) is 25.0 Å². The van der Waals surface area contributed by atoms with Crippen LogP contribution < -0.4 is 0 Å². The first kappa shape index (κ1) is 12.7. The number of hydrogen-bond acceptors (Lipinski definition) is 3. The van der Waals surface area contributed by atoms with Crippen LogP contribution >= 0.6 is 0 Å². The highest BCUT2D eigenvalue weighted by atomic mass is 32.2. The summed E-state index contributed by atoms with van der Waals surface area (Å²) in [4.78, 5) is 0. The number of nitrogens with zero attached hydrogens (tertiary/aromatic N) is 1. The minimum Gasteiger partial charge on any atom is -0.229 e. The molecule has 0 aliphatic carbocycles. The zero-order valence-electron chi connectivity index (χ0n) is 9.42. The van der Waals surface area contributed by atoms with Gasteiger partial charge < -0.3 is 0 Å². The van der Waals surface area contributed by atoms with Gasteiger partial charge in [0.2, 0.25) is 0 Å². The molecule has 0 N–H and O–H groups in total. The predicted octanol–water partition coefficient (Wildman–Crippen LogP) is 2.12. The first-order valence-corrected chi connectivity index (χ1v) is 6.85. The second kappa shape index (κ2) is 5.13. The van der Waals surface area contributed by atoms with Crippen LogP contribution in [0.3, 0.4) is 0 Å². The lowest BCUT2D eigenvalue weighted by molar-refractivity contribution is 0.584. The third-order valence-corrected chi connectivity index (χ3v) is 4.71. The van der Waals surface area contributed by atoms with Gasteiger partial charge in [0, 0.05) is 0 Å². The summed E-state index contributed by atoms with van der Waals surface area (Å²) in [5.74, 6) is -0.681. The molecule has 1 unspecified atom stereocenters. The fourth-order valence-electron chi connectivity index (χ4n) is 1.32. The Bertz CT molecular complexity index is 471. The Labute approximate surface area is 96.6 Å². The van der Waals surface area contributed by atoms with Crippen molar-refractivity contribution in [1.82, 2.24) is 0 Å². The van der Waals surface area contributed by atoms with Crippen molar-refractivity contribution in [3.05, 3.63) is 35.9 Å². The molecule has 0 saturated heterocycles. The zero-order chi connectivity index (χ0) is 12.2. The Morgan fingerprint density at radius 2 is 1.81 bits per heavy atom. The number of hydrogen-bond donors (Lipinski definition) is 0. The maximum Gasteiger partial charge on any atom is 0.154 e. The fourth-order valence-corrected chi connectivity index (χ4v) is 2.43. The number of nitriles is 1. The van der Waals surface area contributed by atoms with Gasteiger partial charge in [-0.1, -0.05) is 30.3 Å². The van der Waals surface area contributed by atoms with Gasteiger partial charge in [-0.15, -0.1) is 0 Å². The summed E-state index contributed by atoms with van der Waals surface area (Å²) in [6.07, 6.45) is 0. The van der Waals surface area contributed by atoms with Gasteiger partial charge in [-0.05, 0) is 19.4 Å². The lowest BCUT2D eigenvalue weighted by Crippen LogP contribution is -2.21. The normalized spacial score (nSPS) is 13.4. The van der Waals surface area contributed by atoms with Crippen LogP contribution in [-0.4, -0.2) is 19.4 Å². The predicted molar refractivity (Wildman–Crippen MR) is 63.7 cm³/mol. The summed E-state index contributed by atoms with van der Waals surface area (Å²) in [5, 5.41) is 8.57. The fraction of sp³-hybridized carbons (Fsp3) is 0.417. The van der Waals surface area contributed by atoms with Gasteiger partial charge in [0.05, 0.1) is 23.0 Å². The molecule has 0 radical (unpaired) electrons. The van der Waals surface area contributed by atoms with E-state index in [-0.39, 0.29) is 5.75 Å². The molecule has 0 aromatic heterocycles. The molecule has 3 nitrogen and oxygen atoms in total. The van der Waals surface area contributed by atoms with Gasteiger partial charge in [-0.2, -0.15) is 5.26 Å². The summed E-state index contributed by atoms with van der Waals surface area (Å²) in [6, 6.07) is 11.1. The molecule has 0 amide bonds. The average Bonchev–Trinajstić information content (AvgIpc) is 2.27. The maximum atomic E-state index is 11.7. The van der Waals surface area contributed by atoms with Crippen LogP contribution in [0.4, 0.5) is 0 Å². The van der Waals surface area contributed by atoms with Crippen molar-refractivity contribution < 1.29 is 8.42 Å². The SMILES string of the molecule is CC(C)S(=O)(=O)CC(C#N)c1ccccc1. The smallest absolute Gasteiger partial charge is 0.154 e. The Balaban J connectivity index is 2.92. The maximum absolute atomic E-state index is 11.7. The summed E-state index contributed by atoms with van der Waals surface area (Å²) in [5.41, 5.74) is 0.759. The summed E-state index contributed by atoms with van der Waals surface area (Å²) in [6.45, 7) is 3.27. The topological polar surface area (TPSA) is 57.9 Å². The monoisotopic (exact) mass is 237 g/mol. The van der Waals surface area contributed by atoms with Crippen LogP contribution in [0.15, 0.2) is 30.3 Å². The summed E-state index contributed by atoms with van der Waals surface area (Å²) >= 11 is 0. The molecule has 0 saturated carbocycles. The van der Waals surface area contributed by atoms with Crippen LogP contribution in [0.5, 0.6) is 0 Å². The van der Waals surface area contributed by atoms with Crippen LogP contribution in [0.1, 0.15) is 25.3 Å². The highest BCUT2D eigenvalue weighted by Crippen LogP contribution is 2.18. The van der Waals surface area contributed by atoms with Crippen molar-refractivity contribution in [2.24, 2.45) is 0 Å². The third-order valence-electron chi connectivity index (χ3n) is 2.47. The average molecular weight is 237 g/mol. The van der Waals surface area contributed by atoms with Crippen LogP contribution in [0.25, 0.3) is 0 Å². The van der Waals surface area contributed by atoms with Gasteiger partial charge in [0.25, 0.3) is 0 Å². The van der Waals surface area contributed by atoms with E-state index in [2.05, 4.69) is 6.07 Å². The Morgan fingerprint density at radius 1 is 1.25 bits per heavy atom. The van der Waals surface area contributed by atoms with E-state index in [0.29, 0.717) is 0 Å². The second-order valence-corrected chi connectivity index (χ2v) is 6.57. The van der Waals surface area contributed by atoms with Crippen molar-refractivity contribution in [3.63, 3.8) is 0 Å². The van der Waals surface area contributed by atoms with Gasteiger partial charge in [-0.3, -0.25) is 0 Å². The van der Waals surface area contributed by atoms with Gasteiger partial charge in [0.1, 0.15) is 0 Å². The van der Waals surface area contributed by atoms with E-state index in [1.54, 1.807) is 26.0 Å². The minimum absolute atomic E-state index is 0.106. The van der Waals surface area contributed by atoms with Gasteiger partial charge in [0.15, 0.2) is 9.84 Å². The van der Waals surface area contributed by atoms with Crippen molar-refractivity contribution >= 4 is 9.84 Å². The van der Waals surface area contributed by atoms with Crippen LogP contribution in [0, 0.1) is 11.3 Å². The Hall–Kier alpha value is -1.34. The van der Waals surface area contributed by atoms with E-state index in [9.17, 15) is 8.42 Å². The summed E-state index contributed by atoms with van der Waals surface area (Å²) in [7, 11) is -3.18. The molecule has 0 aliphatic rings. The minimum atomic E-state index is -3.18. The van der Waals surface area contributed by atoms with E-state index in [0.717, 1.165) is 5.56 Å². The van der Waals surface area contributed by atoms with Crippen LogP contribution in [-0.2, 0) is 9.84 Å². The number of sulfone groups is 1. The molecule has 1 aromatic rings. The molecule has 0 bridgehead atoms. The molecule has 1 rings (SSSR count). The molecular formula is C12H15NO2S. The lowest BCUT2D eigenvalue weighted by Gasteiger charge is -2.12. The largest absolute Gasteiger partial charge is 0.229 e. The molecule has 86 valence electrons. The molecule has 0 fully saturated rings. The van der Waals surface area contributed by atoms with Crippen molar-refractivity contribution in [1.29, 1.82) is 5.26 Å². The van der Waals surface area contributed by atoms with E-state index in [1.165, 1.54) is 0 Å². The molecule has 16 heavy (non-hydrogen) atoms. The van der Waals surface area contributed by atoms with E-state index >= 15 is 0 Å². The second-order valence-electron chi connectivity index (χ2n) is 3.97. The van der Waals surface area contributed by atoms with Crippen molar-refractivity contribution in [3.8, 4) is 6.07 Å². The Kier molecular flexibility index (Phi) is 4.08. The molecule has 0 spiro atoms. The van der Waals surface area contributed by atoms with E-state index < -0.39 is 21.0 Å². The highest BCUT2D eigenvalue weighted by molar-refractivity contribution is 7.92. The first-order chi connectivity index (χ1) is 7.47. The Morgan fingerprint density at radius 3 is 2.25 bits per heavy atom. The molecule has 0 heterocycles. The van der Waals surface area contributed by atoms with Crippen LogP contribution in [0.2, 0.25) is 0 Å². The van der Waals surface area contributed by atoms with Gasteiger partial charge in [-0.25, -0.2) is 8.42 Å². The summed E-state index contributed by atoms with van der Waals surface area (Å²) < 4.78 is 23.4. The lowest BCUT2D eigenvalue weighted by atomic mass is 10.0. The molecular weight excluding hydrogens is 222 g/mol. The standard InChI is InChI=1S/C12H15NO2S/c1-10(2)16(14,15)9-12(8-13)11-6-4-3-5-7-11/h3-7,10,12H,9H2,1-2H3. The third kappa shape index (κ3) is 3.07. The molecule has 1 atom stereocenters. The molecule has 1 aromatic carbocycles.